The smallest absolute Gasteiger partial charge is 0.155 e. The van der Waals surface area contributed by atoms with Gasteiger partial charge in [-0.05, 0) is 60.8 Å². The van der Waals surface area contributed by atoms with Crippen molar-refractivity contribution >= 4 is 29.4 Å². The summed E-state index contributed by atoms with van der Waals surface area (Å²) in [6.07, 6.45) is 6.14. The molecular weight excluding hydrogens is 460 g/mol. The molecule has 0 amide bonds. The minimum Gasteiger partial charge on any atom is -0.400 e. The Morgan fingerprint density at radius 2 is 1.77 bits per heavy atom. The average molecular weight is 499 g/mol. The molecule has 2 aliphatic heterocycles. The van der Waals surface area contributed by atoms with E-state index in [1.54, 1.807) is 0 Å². The molecule has 1 N–H and O–H groups in total. The number of hydrogen-bond acceptors (Lipinski definition) is 5. The van der Waals surface area contributed by atoms with Gasteiger partial charge in [-0.25, -0.2) is 4.99 Å². The van der Waals surface area contributed by atoms with Crippen molar-refractivity contribution in [1.29, 1.82) is 0 Å². The van der Waals surface area contributed by atoms with Crippen molar-refractivity contribution in [2.24, 2.45) is 21.8 Å². The van der Waals surface area contributed by atoms with Crippen molar-refractivity contribution in [2.75, 3.05) is 26.9 Å². The fraction of sp³-hybridized carbons (Fsp3) is 0.483. The molecule has 6 heteroatoms. The maximum atomic E-state index is 9.97. The predicted octanol–water partition coefficient (Wildman–Crippen LogP) is 5.96. The van der Waals surface area contributed by atoms with Crippen LogP contribution < -0.4 is 0 Å². The quantitative estimate of drug-likeness (QED) is 0.456. The molecule has 1 unspecified atom stereocenters. The van der Waals surface area contributed by atoms with E-state index in [2.05, 4.69) is 48.3 Å². The van der Waals surface area contributed by atoms with E-state index in [4.69, 9.17) is 26.4 Å². The van der Waals surface area contributed by atoms with Crippen molar-refractivity contribution in [3.63, 3.8) is 0 Å². The molecule has 190 valence electrons. The van der Waals surface area contributed by atoms with Gasteiger partial charge in [0.2, 0.25) is 0 Å². The molecular formula is C29H39ClN2O3. The van der Waals surface area contributed by atoms with Crippen LogP contribution in [-0.4, -0.2) is 49.8 Å². The fourth-order valence-corrected chi connectivity index (χ4v) is 4.24. The minimum atomic E-state index is 0.306. The highest BCUT2D eigenvalue weighted by molar-refractivity contribution is 6.32. The first-order valence-electron chi connectivity index (χ1n) is 12.6. The molecule has 0 aliphatic carbocycles. The number of aliphatic imine (C=N–C) groups is 2. The van der Waals surface area contributed by atoms with Crippen LogP contribution in [0.3, 0.4) is 0 Å². The molecule has 0 radical (unpaired) electrons. The summed E-state index contributed by atoms with van der Waals surface area (Å²) in [6, 6.07) is 14.8. The van der Waals surface area contributed by atoms with Crippen molar-refractivity contribution in [1.82, 2.24) is 0 Å². The topological polar surface area (TPSA) is 71.2 Å². The lowest BCUT2D eigenvalue weighted by Gasteiger charge is -2.10. The number of amidine groups is 1. The Hall–Kier alpha value is -2.34. The molecule has 1 fully saturated rings. The number of benzene rings is 2. The number of aldehydes is 1. The first kappa shape index (κ1) is 28.9. The van der Waals surface area contributed by atoms with Gasteiger partial charge in [0.25, 0.3) is 0 Å². The lowest BCUT2D eigenvalue weighted by atomic mass is 9.98. The number of aliphatic hydroxyl groups excluding tert-OH is 1. The van der Waals surface area contributed by atoms with E-state index >= 15 is 0 Å². The van der Waals surface area contributed by atoms with Crippen molar-refractivity contribution in [3.8, 4) is 0 Å². The van der Waals surface area contributed by atoms with Crippen molar-refractivity contribution < 1.29 is 14.6 Å². The zero-order chi connectivity index (χ0) is 25.6. The largest absolute Gasteiger partial charge is 0.400 e. The molecule has 4 rings (SSSR count). The van der Waals surface area contributed by atoms with Gasteiger partial charge in [-0.15, -0.1) is 0 Å². The summed E-state index contributed by atoms with van der Waals surface area (Å²) >= 11 is 6.53. The third-order valence-electron chi connectivity index (χ3n) is 6.40. The molecule has 2 aromatic carbocycles. The standard InChI is InChI=1S/C22H23ClN2O.C6H12O.CH4O/c1-2-15-3-5-17(6-4-15)21-13-24-22(25-21)19-8-7-18(20(23)12-19)11-16-9-10-26-14-16;1-3-6(4-2)5-7;1-2/h3-8,12,16H,2,9-11,13-14H2,1H3;5-6H,3-4H2,1-2H3;2H,1H3. The second-order valence-corrected chi connectivity index (χ2v) is 9.11. The number of aryl methyl sites for hydroxylation is 1. The van der Waals surface area contributed by atoms with Crippen LogP contribution in [0.4, 0.5) is 0 Å². The number of rotatable bonds is 8. The number of aliphatic hydroxyl groups is 1. The van der Waals surface area contributed by atoms with Gasteiger partial charge in [0.15, 0.2) is 5.84 Å². The second-order valence-electron chi connectivity index (χ2n) is 8.70. The summed E-state index contributed by atoms with van der Waals surface area (Å²) in [7, 11) is 1.00. The highest BCUT2D eigenvalue weighted by atomic mass is 35.5. The van der Waals surface area contributed by atoms with Crippen molar-refractivity contribution in [2.45, 2.75) is 52.9 Å². The summed E-state index contributed by atoms with van der Waals surface area (Å²) in [6.45, 7) is 8.56. The van der Waals surface area contributed by atoms with Gasteiger partial charge in [-0.1, -0.05) is 68.8 Å². The first-order chi connectivity index (χ1) is 17.1. The third-order valence-corrected chi connectivity index (χ3v) is 6.75. The average Bonchev–Trinajstić information content (AvgIpc) is 3.61. The van der Waals surface area contributed by atoms with Crippen LogP contribution in [-0.2, 0) is 22.4 Å². The molecule has 0 spiro atoms. The van der Waals surface area contributed by atoms with Gasteiger partial charge >= 0.3 is 0 Å². The normalized spacial score (nSPS) is 16.6. The Labute approximate surface area is 215 Å². The van der Waals surface area contributed by atoms with E-state index in [0.717, 1.165) is 86.4 Å². The predicted molar refractivity (Wildman–Crippen MR) is 146 cm³/mol. The summed E-state index contributed by atoms with van der Waals surface area (Å²) in [5, 5.41) is 7.80. The zero-order valence-electron chi connectivity index (χ0n) is 21.5. The number of hydrogen-bond donors (Lipinski definition) is 1. The molecule has 5 nitrogen and oxygen atoms in total. The van der Waals surface area contributed by atoms with E-state index in [9.17, 15) is 4.79 Å². The molecule has 2 aromatic rings. The van der Waals surface area contributed by atoms with Gasteiger partial charge in [0.1, 0.15) is 6.29 Å². The highest BCUT2D eigenvalue weighted by Crippen LogP contribution is 2.26. The Morgan fingerprint density at radius 3 is 2.29 bits per heavy atom. The van der Waals surface area contributed by atoms with Crippen molar-refractivity contribution in [3.05, 3.63) is 69.7 Å². The molecule has 2 heterocycles. The van der Waals surface area contributed by atoms with Crippen LogP contribution in [0.1, 0.15) is 62.3 Å². The van der Waals surface area contributed by atoms with Gasteiger partial charge in [-0.3, -0.25) is 4.99 Å². The number of ether oxygens (including phenoxy) is 1. The summed E-state index contributed by atoms with van der Waals surface area (Å²) < 4.78 is 5.46. The maximum absolute atomic E-state index is 9.97. The summed E-state index contributed by atoms with van der Waals surface area (Å²) in [5.74, 6) is 1.66. The van der Waals surface area contributed by atoms with Crippen LogP contribution in [0.2, 0.25) is 5.02 Å². The molecule has 0 aromatic heterocycles. The van der Waals surface area contributed by atoms with Crippen LogP contribution >= 0.6 is 11.6 Å². The van der Waals surface area contributed by atoms with Gasteiger partial charge in [-0.2, -0.15) is 0 Å². The van der Waals surface area contributed by atoms with E-state index in [0.29, 0.717) is 18.4 Å². The Morgan fingerprint density at radius 1 is 1.09 bits per heavy atom. The Kier molecular flexibility index (Phi) is 12.9. The van der Waals surface area contributed by atoms with Crippen LogP contribution in [0.5, 0.6) is 0 Å². The molecule has 0 bridgehead atoms. The van der Waals surface area contributed by atoms with E-state index < -0.39 is 0 Å². The SMILES string of the molecule is CCC(C=O)CC.CCc1ccc(C2=NC(c3ccc(CC4CCOC4)c(Cl)c3)=NC2)cc1.CO. The first-order valence-corrected chi connectivity index (χ1v) is 12.9. The van der Waals surface area contributed by atoms with Crippen LogP contribution in [0.25, 0.3) is 0 Å². The lowest BCUT2D eigenvalue weighted by molar-refractivity contribution is -0.111. The zero-order valence-corrected chi connectivity index (χ0v) is 22.2. The number of carbonyl (C=O) groups excluding carboxylic acids is 1. The minimum absolute atomic E-state index is 0.306. The molecule has 1 saturated heterocycles. The van der Waals surface area contributed by atoms with Gasteiger partial charge in [0.05, 0.1) is 12.3 Å². The Balaban J connectivity index is 0.000000416. The molecule has 1 atom stereocenters. The van der Waals surface area contributed by atoms with E-state index in [1.807, 2.05) is 19.9 Å². The summed E-state index contributed by atoms with van der Waals surface area (Å²) in [5.41, 5.74) is 5.67. The monoisotopic (exact) mass is 498 g/mol. The maximum Gasteiger partial charge on any atom is 0.155 e. The van der Waals surface area contributed by atoms with E-state index in [-0.39, 0.29) is 0 Å². The number of nitrogens with zero attached hydrogens (tertiary/aromatic N) is 2. The number of halogens is 1. The second kappa shape index (κ2) is 15.6. The van der Waals surface area contributed by atoms with Gasteiger partial charge in [0, 0.05) is 36.8 Å². The lowest BCUT2D eigenvalue weighted by Crippen LogP contribution is -2.05. The van der Waals surface area contributed by atoms with Crippen LogP contribution in [0, 0.1) is 11.8 Å². The highest BCUT2D eigenvalue weighted by Gasteiger charge is 2.19. The Bertz CT molecular complexity index is 976. The summed E-state index contributed by atoms with van der Waals surface area (Å²) in [4.78, 5) is 19.3. The number of carbonyl (C=O) groups is 1. The molecule has 35 heavy (non-hydrogen) atoms. The fourth-order valence-electron chi connectivity index (χ4n) is 3.98. The third kappa shape index (κ3) is 8.68. The van der Waals surface area contributed by atoms with Crippen LogP contribution in [0.15, 0.2) is 52.4 Å². The van der Waals surface area contributed by atoms with E-state index in [1.165, 1.54) is 11.1 Å². The molecule has 0 saturated carbocycles. The van der Waals surface area contributed by atoms with Gasteiger partial charge < -0.3 is 14.6 Å². The molecule has 2 aliphatic rings.